The first-order valence-corrected chi connectivity index (χ1v) is 12.0. The minimum absolute atomic E-state index is 0.0121. The van der Waals surface area contributed by atoms with Gasteiger partial charge in [0.15, 0.2) is 17.4 Å². The van der Waals surface area contributed by atoms with Crippen molar-refractivity contribution in [3.63, 3.8) is 0 Å². The molecule has 0 spiro atoms. The highest BCUT2D eigenvalue weighted by atomic mass is 19.1. The number of amidine groups is 1. The number of nitrogens with two attached hydrogens (primary N) is 1. The molecule has 0 amide bonds. The molecule has 0 aliphatic rings. The Labute approximate surface area is 228 Å². The van der Waals surface area contributed by atoms with E-state index in [2.05, 4.69) is 25.4 Å². The normalized spacial score (nSPS) is 11.1. The zero-order valence-corrected chi connectivity index (χ0v) is 22.0. The van der Waals surface area contributed by atoms with Crippen LogP contribution in [-0.4, -0.2) is 55.4 Å². The van der Waals surface area contributed by atoms with Gasteiger partial charge in [-0.3, -0.25) is 15.2 Å². The first kappa shape index (κ1) is 29.3. The lowest BCUT2D eigenvalue weighted by atomic mass is 10.0. The van der Waals surface area contributed by atoms with Crippen LogP contribution in [0.2, 0.25) is 0 Å². The molecular formula is C26H29FN8O5. The monoisotopic (exact) mass is 552 g/mol. The van der Waals surface area contributed by atoms with Gasteiger partial charge in [0.1, 0.15) is 17.6 Å². The van der Waals surface area contributed by atoms with Crippen LogP contribution in [-0.2, 0) is 4.79 Å². The molecule has 0 bridgehead atoms. The fourth-order valence-corrected chi connectivity index (χ4v) is 3.45. The summed E-state index contributed by atoms with van der Waals surface area (Å²) in [5, 5.41) is 22.6. The van der Waals surface area contributed by atoms with Gasteiger partial charge in [-0.2, -0.15) is 0 Å². The van der Waals surface area contributed by atoms with Crippen LogP contribution >= 0.6 is 0 Å². The first-order chi connectivity index (χ1) is 19.1. The van der Waals surface area contributed by atoms with Crippen molar-refractivity contribution in [2.24, 2.45) is 5.73 Å². The van der Waals surface area contributed by atoms with E-state index in [0.717, 1.165) is 11.6 Å². The van der Waals surface area contributed by atoms with E-state index in [1.165, 1.54) is 31.6 Å². The van der Waals surface area contributed by atoms with Crippen molar-refractivity contribution >= 4 is 17.5 Å². The van der Waals surface area contributed by atoms with Gasteiger partial charge in [0, 0.05) is 42.2 Å². The lowest BCUT2D eigenvalue weighted by Crippen LogP contribution is -2.18. The van der Waals surface area contributed by atoms with Crippen molar-refractivity contribution in [1.29, 1.82) is 5.41 Å². The second-order valence-corrected chi connectivity index (χ2v) is 8.24. The fourth-order valence-electron chi connectivity index (χ4n) is 3.45. The molecule has 0 aliphatic carbocycles. The third kappa shape index (κ3) is 7.40. The molecule has 0 saturated carbocycles. The molecule has 0 fully saturated rings. The highest BCUT2D eigenvalue weighted by molar-refractivity contribution is 5.95. The van der Waals surface area contributed by atoms with E-state index in [4.69, 9.17) is 30.5 Å². The van der Waals surface area contributed by atoms with Crippen LogP contribution in [0.15, 0.2) is 59.7 Å². The summed E-state index contributed by atoms with van der Waals surface area (Å²) in [6, 6.07) is 10.3. The molecule has 4 rings (SSSR count). The smallest absolute Gasteiger partial charge is 0.350 e. The molecule has 2 aromatic carbocycles. The Kier molecular flexibility index (Phi) is 9.89. The standard InChI is InChI=1S/C24H25FN8O3.C2H4O2/c1-3-11-36-18-13-16(35-2)12-17(19(18)25)20(30-15-7-5-14(6-8-15)21(26)27)22-31-24(34)33(32-22)23-28-9-4-10-29-23;1-2(3)4/h4-10,12-13,20,30H,3,11H2,1-2H3,(H3,26,27)(H,31,32,34);1H3,(H,3,4). The number of carboxylic acid groups (broad SMARTS) is 1. The molecule has 1 unspecified atom stereocenters. The number of ether oxygens (including phenoxy) is 2. The van der Waals surface area contributed by atoms with Gasteiger partial charge in [0.05, 0.1) is 13.7 Å². The van der Waals surface area contributed by atoms with Gasteiger partial charge in [-0.1, -0.05) is 6.92 Å². The van der Waals surface area contributed by atoms with E-state index < -0.39 is 23.5 Å². The van der Waals surface area contributed by atoms with Gasteiger partial charge < -0.3 is 25.6 Å². The maximum atomic E-state index is 15.7. The number of aromatic amines is 1. The number of anilines is 1. The summed E-state index contributed by atoms with van der Waals surface area (Å²) in [4.78, 5) is 32.5. The van der Waals surface area contributed by atoms with Gasteiger partial charge in [-0.05, 0) is 42.8 Å². The quantitative estimate of drug-likeness (QED) is 0.144. The zero-order chi connectivity index (χ0) is 29.2. The largest absolute Gasteiger partial charge is 0.497 e. The molecule has 4 aromatic rings. The molecule has 0 radical (unpaired) electrons. The molecule has 2 aromatic heterocycles. The number of aromatic nitrogens is 5. The third-order valence-corrected chi connectivity index (χ3v) is 5.21. The summed E-state index contributed by atoms with van der Waals surface area (Å²) in [5.74, 6) is -0.999. The Hall–Kier alpha value is -5.27. The van der Waals surface area contributed by atoms with E-state index in [1.807, 2.05) is 6.92 Å². The van der Waals surface area contributed by atoms with Crippen LogP contribution in [0.3, 0.4) is 0 Å². The summed E-state index contributed by atoms with van der Waals surface area (Å²) in [6.45, 7) is 3.31. The number of hydrogen-bond donors (Lipinski definition) is 5. The second kappa shape index (κ2) is 13.5. The van der Waals surface area contributed by atoms with Gasteiger partial charge in [-0.15, -0.1) is 9.78 Å². The van der Waals surface area contributed by atoms with Crippen LogP contribution in [0.5, 0.6) is 11.5 Å². The Bertz CT molecular complexity index is 1500. The number of halogens is 1. The molecule has 210 valence electrons. The van der Waals surface area contributed by atoms with Gasteiger partial charge in [0.2, 0.25) is 0 Å². The maximum absolute atomic E-state index is 15.7. The number of carbonyl (C=O) groups is 1. The van der Waals surface area contributed by atoms with Crippen LogP contribution in [0.25, 0.3) is 5.95 Å². The predicted octanol–water partition coefficient (Wildman–Crippen LogP) is 2.86. The number of benzene rings is 2. The molecule has 0 aliphatic heterocycles. The molecule has 40 heavy (non-hydrogen) atoms. The summed E-state index contributed by atoms with van der Waals surface area (Å²) >= 11 is 0. The van der Waals surface area contributed by atoms with Crippen LogP contribution in [0, 0.1) is 11.2 Å². The molecule has 1 atom stereocenters. The third-order valence-electron chi connectivity index (χ3n) is 5.21. The van der Waals surface area contributed by atoms with Crippen LogP contribution in [0.4, 0.5) is 10.1 Å². The predicted molar refractivity (Wildman–Crippen MR) is 145 cm³/mol. The Morgan fingerprint density at radius 3 is 2.48 bits per heavy atom. The van der Waals surface area contributed by atoms with Crippen molar-refractivity contribution in [2.45, 2.75) is 26.3 Å². The van der Waals surface area contributed by atoms with Gasteiger partial charge >= 0.3 is 5.69 Å². The van der Waals surface area contributed by atoms with Crippen molar-refractivity contribution < 1.29 is 23.8 Å². The number of H-pyrrole nitrogens is 1. The number of hydrogen-bond acceptors (Lipinski definition) is 9. The second-order valence-electron chi connectivity index (χ2n) is 8.24. The minimum atomic E-state index is -0.968. The maximum Gasteiger partial charge on any atom is 0.350 e. The number of nitrogen functional groups attached to an aromatic ring is 1. The molecule has 2 heterocycles. The Morgan fingerprint density at radius 1 is 1.25 bits per heavy atom. The van der Waals surface area contributed by atoms with Crippen LogP contribution < -0.4 is 26.2 Å². The number of methoxy groups -OCH3 is 1. The topological polar surface area (TPSA) is 194 Å². The minimum Gasteiger partial charge on any atom is -0.497 e. The van der Waals surface area contributed by atoms with Crippen molar-refractivity contribution in [3.05, 3.63) is 88.1 Å². The molecule has 6 N–H and O–H groups in total. The van der Waals surface area contributed by atoms with E-state index in [0.29, 0.717) is 30.0 Å². The number of carboxylic acids is 1. The van der Waals surface area contributed by atoms with Crippen molar-refractivity contribution in [1.82, 2.24) is 24.7 Å². The number of nitrogens with zero attached hydrogens (tertiary/aromatic N) is 4. The summed E-state index contributed by atoms with van der Waals surface area (Å²) in [6.07, 6.45) is 3.65. The average Bonchev–Trinajstić information content (AvgIpc) is 3.33. The summed E-state index contributed by atoms with van der Waals surface area (Å²) in [5.41, 5.74) is 6.18. The zero-order valence-electron chi connectivity index (χ0n) is 22.0. The van der Waals surface area contributed by atoms with E-state index in [9.17, 15) is 4.79 Å². The average molecular weight is 553 g/mol. The number of nitrogens with one attached hydrogen (secondary N) is 3. The SMILES string of the molecule is CC(=O)O.CCCOc1cc(OC)cc(C(Nc2ccc(C(=N)N)cc2)c2nn(-c3ncccn3)c(=O)[nH]2)c1F. The van der Waals surface area contributed by atoms with E-state index in [1.54, 1.807) is 30.3 Å². The Balaban J connectivity index is 0.00000103. The van der Waals surface area contributed by atoms with Gasteiger partial charge in [0.25, 0.3) is 11.9 Å². The Morgan fingerprint density at radius 2 is 1.90 bits per heavy atom. The highest BCUT2D eigenvalue weighted by Crippen LogP contribution is 2.35. The lowest BCUT2D eigenvalue weighted by molar-refractivity contribution is -0.134. The molecule has 14 heteroatoms. The lowest BCUT2D eigenvalue weighted by Gasteiger charge is -2.21. The fraction of sp³-hybridized carbons (Fsp3) is 0.231. The summed E-state index contributed by atoms with van der Waals surface area (Å²) < 4.78 is 27.7. The highest BCUT2D eigenvalue weighted by Gasteiger charge is 2.27. The van der Waals surface area contributed by atoms with Crippen molar-refractivity contribution in [3.8, 4) is 17.4 Å². The van der Waals surface area contributed by atoms with Crippen LogP contribution in [0.1, 0.15) is 43.3 Å². The number of rotatable bonds is 10. The first-order valence-electron chi connectivity index (χ1n) is 12.0. The molecular weight excluding hydrogens is 523 g/mol. The summed E-state index contributed by atoms with van der Waals surface area (Å²) in [7, 11) is 1.47. The number of aliphatic carboxylic acids is 1. The van der Waals surface area contributed by atoms with E-state index in [-0.39, 0.29) is 28.9 Å². The van der Waals surface area contributed by atoms with E-state index >= 15 is 4.39 Å². The van der Waals surface area contributed by atoms with Gasteiger partial charge in [-0.25, -0.2) is 19.2 Å². The molecule has 0 saturated heterocycles. The van der Waals surface area contributed by atoms with Crippen molar-refractivity contribution in [2.75, 3.05) is 19.0 Å². The molecule has 13 nitrogen and oxygen atoms in total.